The lowest BCUT2D eigenvalue weighted by Gasteiger charge is -2.27. The van der Waals surface area contributed by atoms with Crippen LogP contribution in [0.25, 0.3) is 16.6 Å². The van der Waals surface area contributed by atoms with E-state index >= 15 is 0 Å². The molecule has 0 radical (unpaired) electrons. The van der Waals surface area contributed by atoms with E-state index < -0.39 is 5.92 Å². The second-order valence-corrected chi connectivity index (χ2v) is 6.24. The number of hydrogen-bond acceptors (Lipinski definition) is 3. The van der Waals surface area contributed by atoms with Crippen LogP contribution in [0.2, 0.25) is 0 Å². The molecule has 122 valence electrons. The molecule has 4 rings (SSSR count). The average molecular weight is 328 g/mol. The molecule has 0 amide bonds. The summed E-state index contributed by atoms with van der Waals surface area (Å²) in [5, 5.41) is 14.3. The predicted octanol–water partition coefficient (Wildman–Crippen LogP) is 3.34. The monoisotopic (exact) mass is 328 g/mol. The summed E-state index contributed by atoms with van der Waals surface area (Å²) >= 11 is 0. The summed E-state index contributed by atoms with van der Waals surface area (Å²) in [5.41, 5.74) is 1.34. The number of nitrogens with one attached hydrogen (secondary N) is 1. The Hall–Kier alpha value is -2.75. The van der Waals surface area contributed by atoms with Crippen LogP contribution < -0.4 is 5.56 Å². The van der Waals surface area contributed by atoms with E-state index in [2.05, 4.69) is 16.2 Å². The Morgan fingerprint density at radius 2 is 2.00 bits per heavy atom. The number of alkyl halides is 2. The number of nitrogens with zero attached hydrogens (tertiary/aromatic N) is 3. The van der Waals surface area contributed by atoms with Crippen molar-refractivity contribution in [2.24, 2.45) is 0 Å². The fourth-order valence-electron chi connectivity index (χ4n) is 3.43. The lowest BCUT2D eigenvalue weighted by Crippen LogP contribution is -2.24. The molecule has 3 aromatic rings. The smallest absolute Gasteiger partial charge is 0.282 e. The standard InChI is InChI=1S/C17H14F2N4O/c18-17(19)7-5-10(6-8-17)14-12(9-20)15-21-13-4-2-1-3-11(13)16(24)23(15)22-14/h1-4,10,21H,5-8H2. The second-order valence-electron chi connectivity index (χ2n) is 6.24. The number of rotatable bonds is 1. The number of hydrogen-bond donors (Lipinski definition) is 1. The molecule has 24 heavy (non-hydrogen) atoms. The summed E-state index contributed by atoms with van der Waals surface area (Å²) in [5.74, 6) is -2.87. The van der Waals surface area contributed by atoms with Crippen LogP contribution in [0.3, 0.4) is 0 Å². The molecule has 7 heteroatoms. The summed E-state index contributed by atoms with van der Waals surface area (Å²) < 4.78 is 28.0. The first-order valence-electron chi connectivity index (χ1n) is 7.82. The Morgan fingerprint density at radius 1 is 1.29 bits per heavy atom. The van der Waals surface area contributed by atoms with Gasteiger partial charge in [0.05, 0.1) is 16.6 Å². The van der Waals surface area contributed by atoms with Gasteiger partial charge in [-0.25, -0.2) is 8.78 Å². The first-order valence-corrected chi connectivity index (χ1v) is 7.82. The molecule has 1 aliphatic rings. The molecule has 0 saturated heterocycles. The molecule has 1 saturated carbocycles. The quantitative estimate of drug-likeness (QED) is 0.744. The van der Waals surface area contributed by atoms with Gasteiger partial charge in [0, 0.05) is 18.8 Å². The van der Waals surface area contributed by atoms with Gasteiger partial charge < -0.3 is 4.98 Å². The Kier molecular flexibility index (Phi) is 3.17. The van der Waals surface area contributed by atoms with Crippen LogP contribution in [0.5, 0.6) is 0 Å². The highest BCUT2D eigenvalue weighted by Gasteiger charge is 2.37. The molecule has 0 aliphatic heterocycles. The number of halogens is 2. The first-order chi connectivity index (χ1) is 11.5. The highest BCUT2D eigenvalue weighted by molar-refractivity contribution is 5.80. The van der Waals surface area contributed by atoms with E-state index in [0.717, 1.165) is 0 Å². The van der Waals surface area contributed by atoms with Crippen molar-refractivity contribution in [2.45, 2.75) is 37.5 Å². The number of aromatic amines is 1. The van der Waals surface area contributed by atoms with Crippen molar-refractivity contribution >= 4 is 16.6 Å². The van der Waals surface area contributed by atoms with Gasteiger partial charge in [0.2, 0.25) is 5.92 Å². The van der Waals surface area contributed by atoms with Gasteiger partial charge in [-0.15, -0.1) is 0 Å². The van der Waals surface area contributed by atoms with E-state index in [4.69, 9.17) is 0 Å². The van der Waals surface area contributed by atoms with Crippen molar-refractivity contribution in [3.8, 4) is 6.07 Å². The van der Waals surface area contributed by atoms with Gasteiger partial charge in [0.15, 0.2) is 5.65 Å². The maximum Gasteiger partial charge on any atom is 0.282 e. The van der Waals surface area contributed by atoms with Gasteiger partial charge in [0.1, 0.15) is 11.6 Å². The molecular formula is C17H14F2N4O. The van der Waals surface area contributed by atoms with Crippen molar-refractivity contribution in [1.29, 1.82) is 5.26 Å². The van der Waals surface area contributed by atoms with Gasteiger partial charge in [-0.2, -0.15) is 14.9 Å². The zero-order valence-electron chi connectivity index (χ0n) is 12.7. The lowest BCUT2D eigenvalue weighted by molar-refractivity contribution is -0.0385. The van der Waals surface area contributed by atoms with Crippen molar-refractivity contribution in [2.75, 3.05) is 0 Å². The van der Waals surface area contributed by atoms with Crippen LogP contribution in [-0.2, 0) is 0 Å². The van der Waals surface area contributed by atoms with Crippen LogP contribution in [0.4, 0.5) is 8.78 Å². The minimum absolute atomic E-state index is 0.216. The molecule has 0 atom stereocenters. The molecule has 1 aromatic carbocycles. The van der Waals surface area contributed by atoms with Gasteiger partial charge in [-0.05, 0) is 25.0 Å². The van der Waals surface area contributed by atoms with E-state index in [1.54, 1.807) is 24.3 Å². The maximum atomic E-state index is 13.4. The molecule has 1 aliphatic carbocycles. The van der Waals surface area contributed by atoms with Gasteiger partial charge in [-0.3, -0.25) is 4.79 Å². The second kappa shape index (κ2) is 5.13. The third-order valence-corrected chi connectivity index (χ3v) is 4.73. The van der Waals surface area contributed by atoms with Crippen LogP contribution in [0, 0.1) is 11.3 Å². The van der Waals surface area contributed by atoms with E-state index in [1.165, 1.54) is 4.52 Å². The molecule has 2 aromatic heterocycles. The van der Waals surface area contributed by atoms with Crippen LogP contribution in [-0.4, -0.2) is 20.5 Å². The number of fused-ring (bicyclic) bond motifs is 2. The SMILES string of the molecule is N#Cc1c(C2CCC(F)(F)CC2)nn2c(=O)c3ccccc3[nH]c12. The van der Waals surface area contributed by atoms with E-state index in [-0.39, 0.29) is 42.7 Å². The lowest BCUT2D eigenvalue weighted by atomic mass is 9.83. The number of H-pyrrole nitrogens is 1. The Balaban J connectivity index is 1.91. The molecule has 0 spiro atoms. The topological polar surface area (TPSA) is 74.0 Å². The molecule has 2 heterocycles. The Bertz CT molecular complexity index is 1030. The van der Waals surface area contributed by atoms with Gasteiger partial charge >= 0.3 is 0 Å². The summed E-state index contributed by atoms with van der Waals surface area (Å²) in [7, 11) is 0. The van der Waals surface area contributed by atoms with Gasteiger partial charge in [0.25, 0.3) is 5.56 Å². The van der Waals surface area contributed by atoms with Crippen LogP contribution >= 0.6 is 0 Å². The summed E-state index contributed by atoms with van der Waals surface area (Å²) in [6, 6.07) is 9.07. The zero-order valence-corrected chi connectivity index (χ0v) is 12.7. The first kappa shape index (κ1) is 14.8. The molecule has 5 nitrogen and oxygen atoms in total. The minimum atomic E-state index is -2.65. The number of nitriles is 1. The Labute approximate surface area is 135 Å². The van der Waals surface area contributed by atoms with E-state index in [0.29, 0.717) is 22.2 Å². The van der Waals surface area contributed by atoms with Crippen LogP contribution in [0.1, 0.15) is 42.9 Å². The highest BCUT2D eigenvalue weighted by atomic mass is 19.3. The van der Waals surface area contributed by atoms with Crippen LogP contribution in [0.15, 0.2) is 29.1 Å². The Morgan fingerprint density at radius 3 is 2.71 bits per heavy atom. The molecular weight excluding hydrogens is 314 g/mol. The highest BCUT2D eigenvalue weighted by Crippen LogP contribution is 2.41. The summed E-state index contributed by atoms with van der Waals surface area (Å²) in [6.45, 7) is 0. The summed E-state index contributed by atoms with van der Waals surface area (Å²) in [4.78, 5) is 15.7. The average Bonchev–Trinajstić information content (AvgIpc) is 2.94. The van der Waals surface area contributed by atoms with E-state index in [1.807, 2.05) is 0 Å². The largest absolute Gasteiger partial charge is 0.338 e. The fourth-order valence-corrected chi connectivity index (χ4v) is 3.43. The van der Waals surface area contributed by atoms with E-state index in [9.17, 15) is 18.8 Å². The van der Waals surface area contributed by atoms with Crippen molar-refractivity contribution in [3.63, 3.8) is 0 Å². The fraction of sp³-hybridized carbons (Fsp3) is 0.353. The third kappa shape index (κ3) is 2.18. The molecule has 1 N–H and O–H groups in total. The molecule has 1 fully saturated rings. The molecule has 0 bridgehead atoms. The van der Waals surface area contributed by atoms with Crippen molar-refractivity contribution in [3.05, 3.63) is 45.9 Å². The van der Waals surface area contributed by atoms with Crippen molar-refractivity contribution < 1.29 is 8.78 Å². The summed E-state index contributed by atoms with van der Waals surface area (Å²) in [6.07, 6.45) is 0.0944. The molecule has 0 unspecified atom stereocenters. The maximum absolute atomic E-state index is 13.4. The third-order valence-electron chi connectivity index (χ3n) is 4.73. The number of para-hydroxylation sites is 1. The predicted molar refractivity (Wildman–Crippen MR) is 84.2 cm³/mol. The van der Waals surface area contributed by atoms with Gasteiger partial charge in [-0.1, -0.05) is 12.1 Å². The van der Waals surface area contributed by atoms with Crippen molar-refractivity contribution in [1.82, 2.24) is 14.6 Å². The number of benzene rings is 1. The normalized spacial score (nSPS) is 18.0. The zero-order chi connectivity index (χ0) is 16.9. The minimum Gasteiger partial charge on any atom is -0.338 e. The number of aromatic nitrogens is 3.